The van der Waals surface area contributed by atoms with Crippen molar-refractivity contribution in [3.05, 3.63) is 35.4 Å². The lowest BCUT2D eigenvalue weighted by molar-refractivity contribution is 0.254. The van der Waals surface area contributed by atoms with Crippen LogP contribution in [0.15, 0.2) is 24.3 Å². The average Bonchev–Trinajstić information content (AvgIpc) is 3.29. The summed E-state index contributed by atoms with van der Waals surface area (Å²) in [6, 6.07) is 9.01. The van der Waals surface area contributed by atoms with Crippen molar-refractivity contribution in [3.63, 3.8) is 0 Å². The molecule has 0 radical (unpaired) electrons. The molecule has 1 N–H and O–H groups in total. The lowest BCUT2D eigenvalue weighted by Gasteiger charge is -2.23. The lowest BCUT2D eigenvalue weighted by Crippen LogP contribution is -2.27. The molecule has 0 amide bonds. The summed E-state index contributed by atoms with van der Waals surface area (Å²) in [5.41, 5.74) is 3.06. The standard InChI is InChI=1S/C19H32N2/c1-3-12-20-13-11-18-7-5-6-8-19(18)16-21(14-4-2)15-17-9-10-17/h5-8,17,20H,3-4,9-16H2,1-2H3. The fourth-order valence-electron chi connectivity index (χ4n) is 2.94. The Kier molecular flexibility index (Phi) is 7.25. The van der Waals surface area contributed by atoms with Crippen LogP contribution < -0.4 is 5.32 Å². The van der Waals surface area contributed by atoms with E-state index in [1.54, 1.807) is 0 Å². The molecule has 0 atom stereocenters. The first-order valence-corrected chi connectivity index (χ1v) is 8.83. The molecule has 0 aliphatic heterocycles. The first-order valence-electron chi connectivity index (χ1n) is 8.83. The van der Waals surface area contributed by atoms with E-state index in [0.717, 1.165) is 32.0 Å². The summed E-state index contributed by atoms with van der Waals surface area (Å²) in [6.07, 6.45) is 6.52. The van der Waals surface area contributed by atoms with Gasteiger partial charge in [-0.25, -0.2) is 0 Å². The normalized spacial score (nSPS) is 14.8. The summed E-state index contributed by atoms with van der Waals surface area (Å²) in [5.74, 6) is 0.981. The van der Waals surface area contributed by atoms with Crippen LogP contribution in [0.4, 0.5) is 0 Å². The number of rotatable bonds is 11. The molecule has 2 rings (SSSR count). The van der Waals surface area contributed by atoms with Crippen LogP contribution in [0.25, 0.3) is 0 Å². The smallest absolute Gasteiger partial charge is 0.0236 e. The molecule has 1 aromatic carbocycles. The zero-order valence-corrected chi connectivity index (χ0v) is 13.9. The van der Waals surface area contributed by atoms with Gasteiger partial charge in [0.15, 0.2) is 0 Å². The first kappa shape index (κ1) is 16.5. The predicted molar refractivity (Wildman–Crippen MR) is 91.6 cm³/mol. The highest BCUT2D eigenvalue weighted by Crippen LogP contribution is 2.30. The molecular formula is C19H32N2. The Hall–Kier alpha value is -0.860. The van der Waals surface area contributed by atoms with Crippen molar-refractivity contribution >= 4 is 0 Å². The van der Waals surface area contributed by atoms with Crippen LogP contribution in [0, 0.1) is 5.92 Å². The minimum atomic E-state index is 0.981. The fourth-order valence-corrected chi connectivity index (χ4v) is 2.94. The van der Waals surface area contributed by atoms with Gasteiger partial charge in [0.25, 0.3) is 0 Å². The van der Waals surface area contributed by atoms with Gasteiger partial charge in [0.2, 0.25) is 0 Å². The van der Waals surface area contributed by atoms with E-state index in [0.29, 0.717) is 0 Å². The maximum Gasteiger partial charge on any atom is 0.0236 e. The number of hydrogen-bond donors (Lipinski definition) is 1. The van der Waals surface area contributed by atoms with Gasteiger partial charge in [-0.2, -0.15) is 0 Å². The van der Waals surface area contributed by atoms with Crippen LogP contribution in [0.5, 0.6) is 0 Å². The van der Waals surface area contributed by atoms with Gasteiger partial charge in [0, 0.05) is 13.1 Å². The largest absolute Gasteiger partial charge is 0.316 e. The van der Waals surface area contributed by atoms with Crippen LogP contribution in [0.3, 0.4) is 0 Å². The van der Waals surface area contributed by atoms with E-state index < -0.39 is 0 Å². The summed E-state index contributed by atoms with van der Waals surface area (Å²) in [6.45, 7) is 10.4. The molecule has 0 aromatic heterocycles. The number of nitrogens with one attached hydrogen (secondary N) is 1. The highest BCUT2D eigenvalue weighted by molar-refractivity contribution is 5.27. The third kappa shape index (κ3) is 6.19. The molecule has 21 heavy (non-hydrogen) atoms. The van der Waals surface area contributed by atoms with Crippen molar-refractivity contribution in [1.29, 1.82) is 0 Å². The summed E-state index contributed by atoms with van der Waals surface area (Å²) in [7, 11) is 0. The number of benzene rings is 1. The topological polar surface area (TPSA) is 15.3 Å². The van der Waals surface area contributed by atoms with Crippen LogP contribution in [-0.4, -0.2) is 31.1 Å². The number of hydrogen-bond acceptors (Lipinski definition) is 2. The molecule has 2 nitrogen and oxygen atoms in total. The van der Waals surface area contributed by atoms with E-state index in [9.17, 15) is 0 Å². The van der Waals surface area contributed by atoms with Gasteiger partial charge in [0.05, 0.1) is 0 Å². The maximum absolute atomic E-state index is 3.52. The van der Waals surface area contributed by atoms with Crippen LogP contribution in [0.2, 0.25) is 0 Å². The first-order chi connectivity index (χ1) is 10.3. The van der Waals surface area contributed by atoms with Gasteiger partial charge in [0.1, 0.15) is 0 Å². The Morgan fingerprint density at radius 1 is 1.05 bits per heavy atom. The highest BCUT2D eigenvalue weighted by atomic mass is 15.1. The van der Waals surface area contributed by atoms with E-state index in [-0.39, 0.29) is 0 Å². The van der Waals surface area contributed by atoms with E-state index in [2.05, 4.69) is 48.3 Å². The number of nitrogens with zero attached hydrogens (tertiary/aromatic N) is 1. The molecule has 0 bridgehead atoms. The van der Waals surface area contributed by atoms with E-state index in [4.69, 9.17) is 0 Å². The Bertz CT molecular complexity index is 398. The minimum absolute atomic E-state index is 0.981. The summed E-state index contributed by atoms with van der Waals surface area (Å²) < 4.78 is 0. The van der Waals surface area contributed by atoms with Gasteiger partial charge in [-0.15, -0.1) is 0 Å². The minimum Gasteiger partial charge on any atom is -0.316 e. The van der Waals surface area contributed by atoms with Gasteiger partial charge >= 0.3 is 0 Å². The molecule has 0 heterocycles. The Labute approximate surface area is 130 Å². The molecule has 118 valence electrons. The second-order valence-electron chi connectivity index (χ2n) is 6.45. The summed E-state index contributed by atoms with van der Waals surface area (Å²) >= 11 is 0. The molecular weight excluding hydrogens is 256 g/mol. The van der Waals surface area contributed by atoms with Gasteiger partial charge < -0.3 is 5.32 Å². The van der Waals surface area contributed by atoms with Crippen molar-refractivity contribution in [2.75, 3.05) is 26.2 Å². The molecule has 2 heteroatoms. The fraction of sp³-hybridized carbons (Fsp3) is 0.684. The predicted octanol–water partition coefficient (Wildman–Crippen LogP) is 3.85. The van der Waals surface area contributed by atoms with Crippen molar-refractivity contribution in [3.8, 4) is 0 Å². The highest BCUT2D eigenvalue weighted by Gasteiger charge is 2.24. The monoisotopic (exact) mass is 288 g/mol. The molecule has 1 saturated carbocycles. The van der Waals surface area contributed by atoms with E-state index in [1.165, 1.54) is 49.9 Å². The lowest BCUT2D eigenvalue weighted by atomic mass is 10.0. The summed E-state index contributed by atoms with van der Waals surface area (Å²) in [5, 5.41) is 3.52. The van der Waals surface area contributed by atoms with Gasteiger partial charge in [-0.3, -0.25) is 4.90 Å². The Balaban J connectivity index is 1.89. The molecule has 1 aromatic rings. The molecule has 0 spiro atoms. The van der Waals surface area contributed by atoms with Gasteiger partial charge in [-0.1, -0.05) is 38.1 Å². The molecule has 1 aliphatic rings. The molecule has 1 fully saturated rings. The zero-order chi connectivity index (χ0) is 14.9. The van der Waals surface area contributed by atoms with Crippen molar-refractivity contribution in [2.24, 2.45) is 5.92 Å². The van der Waals surface area contributed by atoms with Crippen LogP contribution >= 0.6 is 0 Å². The Morgan fingerprint density at radius 3 is 2.48 bits per heavy atom. The zero-order valence-electron chi connectivity index (χ0n) is 13.9. The summed E-state index contributed by atoms with van der Waals surface area (Å²) in [4.78, 5) is 2.66. The molecule has 0 saturated heterocycles. The molecule has 1 aliphatic carbocycles. The van der Waals surface area contributed by atoms with Crippen LogP contribution in [0.1, 0.15) is 50.7 Å². The quantitative estimate of drug-likeness (QED) is 0.622. The second kappa shape index (κ2) is 9.22. The van der Waals surface area contributed by atoms with E-state index in [1.807, 2.05) is 0 Å². The SMILES string of the molecule is CCCNCCc1ccccc1CN(CCC)CC1CC1. The third-order valence-corrected chi connectivity index (χ3v) is 4.26. The molecule has 0 unspecified atom stereocenters. The van der Waals surface area contributed by atoms with Crippen molar-refractivity contribution < 1.29 is 0 Å². The van der Waals surface area contributed by atoms with E-state index >= 15 is 0 Å². The van der Waals surface area contributed by atoms with Crippen LogP contribution in [-0.2, 0) is 13.0 Å². The Morgan fingerprint density at radius 2 is 1.81 bits per heavy atom. The van der Waals surface area contributed by atoms with Gasteiger partial charge in [-0.05, 0) is 68.8 Å². The average molecular weight is 288 g/mol. The van der Waals surface area contributed by atoms with Crippen molar-refractivity contribution in [2.45, 2.75) is 52.5 Å². The maximum atomic E-state index is 3.52. The van der Waals surface area contributed by atoms with Crippen molar-refractivity contribution in [1.82, 2.24) is 10.2 Å². The second-order valence-corrected chi connectivity index (χ2v) is 6.45. The third-order valence-electron chi connectivity index (χ3n) is 4.26.